The molecule has 1 aliphatic heterocycles. The van der Waals surface area contributed by atoms with E-state index in [0.717, 1.165) is 25.9 Å². The van der Waals surface area contributed by atoms with Crippen molar-refractivity contribution in [2.45, 2.75) is 45.2 Å². The number of aliphatic hydroxyl groups is 1. The Morgan fingerprint density at radius 2 is 2.16 bits per heavy atom. The van der Waals surface area contributed by atoms with Gasteiger partial charge in [-0.25, -0.2) is 8.42 Å². The minimum atomic E-state index is -2.83. The van der Waals surface area contributed by atoms with Crippen molar-refractivity contribution in [3.05, 3.63) is 0 Å². The summed E-state index contributed by atoms with van der Waals surface area (Å²) in [6.45, 7) is 8.55. The van der Waals surface area contributed by atoms with Gasteiger partial charge in [0.1, 0.15) is 0 Å². The van der Waals surface area contributed by atoms with Gasteiger partial charge in [0.2, 0.25) is 0 Å². The summed E-state index contributed by atoms with van der Waals surface area (Å²) in [5, 5.41) is 12.7. The summed E-state index contributed by atoms with van der Waals surface area (Å²) in [5.74, 6) is 0.555. The molecule has 0 saturated carbocycles. The third-order valence-electron chi connectivity index (χ3n) is 3.93. The second-order valence-electron chi connectivity index (χ2n) is 5.85. The van der Waals surface area contributed by atoms with Crippen molar-refractivity contribution in [1.29, 1.82) is 0 Å². The number of rotatable bonds is 7. The lowest BCUT2D eigenvalue weighted by Crippen LogP contribution is -2.49. The van der Waals surface area contributed by atoms with Crippen LogP contribution in [-0.2, 0) is 9.84 Å². The maximum absolute atomic E-state index is 11.5. The number of hydrogen-bond acceptors (Lipinski definition) is 5. The van der Waals surface area contributed by atoms with Gasteiger partial charge in [-0.2, -0.15) is 0 Å². The van der Waals surface area contributed by atoms with Gasteiger partial charge in [0.15, 0.2) is 9.84 Å². The molecule has 1 aliphatic rings. The number of aliphatic hydroxyl groups excluding tert-OH is 1. The summed E-state index contributed by atoms with van der Waals surface area (Å²) in [5.41, 5.74) is -0.222. The average molecular weight is 292 g/mol. The van der Waals surface area contributed by atoms with E-state index in [0.29, 0.717) is 6.54 Å². The van der Waals surface area contributed by atoms with E-state index < -0.39 is 9.84 Å². The predicted octanol–water partition coefficient (Wildman–Crippen LogP) is 0.246. The molecule has 0 aliphatic carbocycles. The van der Waals surface area contributed by atoms with Gasteiger partial charge in [-0.05, 0) is 39.8 Å². The zero-order chi connectivity index (χ0) is 14.5. The Hall–Kier alpha value is -0.170. The fourth-order valence-electron chi connectivity index (χ4n) is 2.69. The highest BCUT2D eigenvalue weighted by atomic mass is 32.2. The zero-order valence-electron chi connectivity index (χ0n) is 12.4. The van der Waals surface area contributed by atoms with Gasteiger partial charge in [0.05, 0.1) is 18.1 Å². The summed E-state index contributed by atoms with van der Waals surface area (Å²) < 4.78 is 23.0. The quantitative estimate of drug-likeness (QED) is 0.704. The number of hydrogen-bond donors (Lipinski definition) is 2. The maximum atomic E-state index is 11.5. The molecule has 1 saturated heterocycles. The van der Waals surface area contributed by atoms with Crippen LogP contribution in [0, 0.1) is 0 Å². The van der Waals surface area contributed by atoms with Gasteiger partial charge >= 0.3 is 0 Å². The fourth-order valence-corrected chi connectivity index (χ4v) is 4.31. The largest absolute Gasteiger partial charge is 0.394 e. The summed E-state index contributed by atoms with van der Waals surface area (Å²) in [6, 6.07) is 0.110. The molecule has 5 nitrogen and oxygen atoms in total. The average Bonchev–Trinajstić information content (AvgIpc) is 2.32. The lowest BCUT2D eigenvalue weighted by molar-refractivity contribution is 0.153. The van der Waals surface area contributed by atoms with Crippen molar-refractivity contribution in [3.8, 4) is 0 Å². The molecule has 1 heterocycles. The SMILES string of the molecule is CCNC(C)(CO)CCCN1CCS(=O)(=O)CC1C. The molecule has 0 amide bonds. The second-order valence-corrected chi connectivity index (χ2v) is 8.08. The Balaban J connectivity index is 2.37. The fraction of sp³-hybridized carbons (Fsp3) is 1.00. The number of nitrogens with one attached hydrogen (secondary N) is 1. The van der Waals surface area contributed by atoms with Gasteiger partial charge in [-0.1, -0.05) is 6.92 Å². The van der Waals surface area contributed by atoms with Gasteiger partial charge in [-0.15, -0.1) is 0 Å². The highest BCUT2D eigenvalue weighted by molar-refractivity contribution is 7.91. The molecular weight excluding hydrogens is 264 g/mol. The molecule has 0 spiro atoms. The normalized spacial score (nSPS) is 27.1. The first kappa shape index (κ1) is 16.9. The van der Waals surface area contributed by atoms with E-state index >= 15 is 0 Å². The van der Waals surface area contributed by atoms with Crippen LogP contribution in [0.2, 0.25) is 0 Å². The van der Waals surface area contributed by atoms with Crippen LogP contribution in [0.5, 0.6) is 0 Å². The molecular formula is C13H28N2O3S. The van der Waals surface area contributed by atoms with Crippen LogP contribution in [0.15, 0.2) is 0 Å². The third kappa shape index (κ3) is 5.38. The molecule has 6 heteroatoms. The predicted molar refractivity (Wildman–Crippen MR) is 78.1 cm³/mol. The Bertz CT molecular complexity index is 372. The van der Waals surface area contributed by atoms with Crippen LogP contribution in [0.4, 0.5) is 0 Å². The first-order chi connectivity index (χ1) is 8.82. The summed E-state index contributed by atoms with van der Waals surface area (Å²) in [4.78, 5) is 2.24. The van der Waals surface area contributed by atoms with Crippen molar-refractivity contribution in [3.63, 3.8) is 0 Å². The van der Waals surface area contributed by atoms with E-state index in [-0.39, 0.29) is 29.7 Å². The Kier molecular flexibility index (Phi) is 6.23. The number of sulfone groups is 1. The number of likely N-dealkylation sites (N-methyl/N-ethyl adjacent to an activating group) is 1. The van der Waals surface area contributed by atoms with Gasteiger partial charge < -0.3 is 10.4 Å². The van der Waals surface area contributed by atoms with Crippen molar-refractivity contribution < 1.29 is 13.5 Å². The number of nitrogens with zero attached hydrogens (tertiary/aromatic N) is 1. The van der Waals surface area contributed by atoms with E-state index in [4.69, 9.17) is 0 Å². The van der Waals surface area contributed by atoms with Crippen LogP contribution >= 0.6 is 0 Å². The first-order valence-electron chi connectivity index (χ1n) is 7.12. The van der Waals surface area contributed by atoms with Crippen molar-refractivity contribution in [2.75, 3.05) is 37.7 Å². The van der Waals surface area contributed by atoms with E-state index in [1.165, 1.54) is 0 Å². The Morgan fingerprint density at radius 1 is 1.47 bits per heavy atom. The molecule has 0 bridgehead atoms. The molecule has 2 atom stereocenters. The van der Waals surface area contributed by atoms with E-state index in [2.05, 4.69) is 10.2 Å². The Morgan fingerprint density at radius 3 is 2.68 bits per heavy atom. The zero-order valence-corrected chi connectivity index (χ0v) is 13.2. The minimum absolute atomic E-state index is 0.110. The topological polar surface area (TPSA) is 69.6 Å². The maximum Gasteiger partial charge on any atom is 0.153 e. The van der Waals surface area contributed by atoms with Crippen molar-refractivity contribution in [1.82, 2.24) is 10.2 Å². The molecule has 0 radical (unpaired) electrons. The van der Waals surface area contributed by atoms with Gasteiger partial charge in [0, 0.05) is 18.1 Å². The molecule has 0 aromatic carbocycles. The monoisotopic (exact) mass is 292 g/mol. The van der Waals surface area contributed by atoms with E-state index in [1.54, 1.807) is 0 Å². The van der Waals surface area contributed by atoms with Gasteiger partial charge in [-0.3, -0.25) is 4.90 Å². The van der Waals surface area contributed by atoms with Crippen molar-refractivity contribution in [2.24, 2.45) is 0 Å². The lowest BCUT2D eigenvalue weighted by atomic mass is 9.96. The smallest absolute Gasteiger partial charge is 0.153 e. The molecule has 0 aromatic heterocycles. The van der Waals surface area contributed by atoms with Crippen molar-refractivity contribution >= 4 is 9.84 Å². The summed E-state index contributed by atoms with van der Waals surface area (Å²) >= 11 is 0. The highest BCUT2D eigenvalue weighted by Crippen LogP contribution is 2.16. The molecule has 1 fully saturated rings. The van der Waals surface area contributed by atoms with Crippen LogP contribution in [0.1, 0.15) is 33.6 Å². The molecule has 2 unspecified atom stereocenters. The molecule has 114 valence electrons. The third-order valence-corrected chi connectivity index (χ3v) is 5.73. The summed E-state index contributed by atoms with van der Waals surface area (Å²) in [7, 11) is -2.83. The molecule has 19 heavy (non-hydrogen) atoms. The van der Waals surface area contributed by atoms with Crippen LogP contribution in [0.3, 0.4) is 0 Å². The highest BCUT2D eigenvalue weighted by Gasteiger charge is 2.28. The van der Waals surface area contributed by atoms with Crippen LogP contribution < -0.4 is 5.32 Å². The van der Waals surface area contributed by atoms with E-state index in [1.807, 2.05) is 20.8 Å². The lowest BCUT2D eigenvalue weighted by Gasteiger charge is -2.34. The summed E-state index contributed by atoms with van der Waals surface area (Å²) in [6.07, 6.45) is 1.86. The van der Waals surface area contributed by atoms with Crippen LogP contribution in [0.25, 0.3) is 0 Å². The Labute approximate surface area is 117 Å². The van der Waals surface area contributed by atoms with Crippen LogP contribution in [-0.4, -0.2) is 67.8 Å². The minimum Gasteiger partial charge on any atom is -0.394 e. The van der Waals surface area contributed by atoms with Gasteiger partial charge in [0.25, 0.3) is 0 Å². The first-order valence-corrected chi connectivity index (χ1v) is 8.94. The molecule has 1 rings (SSSR count). The molecule has 0 aromatic rings. The molecule has 2 N–H and O–H groups in total. The standard InChI is InChI=1S/C13H28N2O3S/c1-4-14-13(3,11-16)6-5-7-15-8-9-19(17,18)10-12(15)2/h12,14,16H,4-11H2,1-3H3. The second kappa shape index (κ2) is 7.02. The van der Waals surface area contributed by atoms with E-state index in [9.17, 15) is 13.5 Å².